The number of carboxylic acids is 1. The summed E-state index contributed by atoms with van der Waals surface area (Å²) in [6, 6.07) is 13.9. The fraction of sp³-hybridized carbons (Fsp3) is 0.263. The topological polar surface area (TPSA) is 75.6 Å². The lowest BCUT2D eigenvalue weighted by Gasteiger charge is -2.31. The third-order valence-corrected chi connectivity index (χ3v) is 4.76. The van der Waals surface area contributed by atoms with Gasteiger partial charge in [-0.15, -0.1) is 0 Å². The molecular formula is C19H18ClNO4. The van der Waals surface area contributed by atoms with Crippen LogP contribution in [0.5, 0.6) is 5.75 Å². The summed E-state index contributed by atoms with van der Waals surface area (Å²) in [6.07, 6.45) is -0.132. The number of carbonyl (C=O) groups is 2. The number of nitrogens with one attached hydrogen (secondary N) is 1. The second-order valence-corrected chi connectivity index (χ2v) is 6.41. The molecule has 3 rings (SSSR count). The number of hydrogen-bond donors (Lipinski definition) is 2. The van der Waals surface area contributed by atoms with Gasteiger partial charge in [0.2, 0.25) is 0 Å². The van der Waals surface area contributed by atoms with Gasteiger partial charge in [0.1, 0.15) is 5.75 Å². The fourth-order valence-corrected chi connectivity index (χ4v) is 3.17. The van der Waals surface area contributed by atoms with Crippen molar-refractivity contribution >= 4 is 23.5 Å². The van der Waals surface area contributed by atoms with Crippen LogP contribution in [0.25, 0.3) is 0 Å². The molecule has 0 saturated heterocycles. The molecule has 0 saturated carbocycles. The van der Waals surface area contributed by atoms with Crippen molar-refractivity contribution in [2.24, 2.45) is 0 Å². The van der Waals surface area contributed by atoms with E-state index in [9.17, 15) is 14.7 Å². The van der Waals surface area contributed by atoms with Crippen molar-refractivity contribution in [1.29, 1.82) is 0 Å². The Kier molecular flexibility index (Phi) is 4.68. The van der Waals surface area contributed by atoms with E-state index < -0.39 is 23.5 Å². The molecule has 1 aliphatic heterocycles. The van der Waals surface area contributed by atoms with Crippen LogP contribution < -0.4 is 10.1 Å². The number of benzene rings is 2. The zero-order valence-corrected chi connectivity index (χ0v) is 14.4. The Hall–Kier alpha value is -2.53. The summed E-state index contributed by atoms with van der Waals surface area (Å²) in [5, 5.41) is 13.0. The quantitative estimate of drug-likeness (QED) is 0.859. The van der Waals surface area contributed by atoms with E-state index in [1.165, 1.54) is 0 Å². The summed E-state index contributed by atoms with van der Waals surface area (Å²) in [5.74, 6) is -0.914. The second kappa shape index (κ2) is 6.76. The van der Waals surface area contributed by atoms with E-state index in [0.29, 0.717) is 22.8 Å². The molecule has 2 aromatic carbocycles. The van der Waals surface area contributed by atoms with Crippen LogP contribution in [0.3, 0.4) is 0 Å². The number of fused-ring (bicyclic) bond motifs is 1. The van der Waals surface area contributed by atoms with E-state index in [1.54, 1.807) is 37.3 Å². The van der Waals surface area contributed by atoms with Crippen LogP contribution in [0.4, 0.5) is 0 Å². The summed E-state index contributed by atoms with van der Waals surface area (Å²) in [7, 11) is 0. The van der Waals surface area contributed by atoms with E-state index in [0.717, 1.165) is 5.56 Å². The summed E-state index contributed by atoms with van der Waals surface area (Å²) in [6.45, 7) is 1.72. The Balaban J connectivity index is 1.85. The number of hydrogen-bond acceptors (Lipinski definition) is 3. The van der Waals surface area contributed by atoms with Crippen LogP contribution in [-0.2, 0) is 21.5 Å². The molecule has 0 aromatic heterocycles. The van der Waals surface area contributed by atoms with Gasteiger partial charge in [0.25, 0.3) is 5.91 Å². The Morgan fingerprint density at radius 2 is 1.92 bits per heavy atom. The average Bonchev–Trinajstić information content (AvgIpc) is 3.04. The van der Waals surface area contributed by atoms with Crippen molar-refractivity contribution < 1.29 is 19.4 Å². The molecule has 130 valence electrons. The number of halogens is 1. The van der Waals surface area contributed by atoms with Crippen LogP contribution >= 0.6 is 11.6 Å². The van der Waals surface area contributed by atoms with Gasteiger partial charge in [-0.1, -0.05) is 48.9 Å². The maximum Gasteiger partial charge on any atom is 0.334 e. The normalized spacial score (nSPS) is 17.9. The van der Waals surface area contributed by atoms with E-state index in [-0.39, 0.29) is 6.42 Å². The third kappa shape index (κ3) is 3.20. The first-order chi connectivity index (χ1) is 12.0. The first-order valence-corrected chi connectivity index (χ1v) is 8.40. The van der Waals surface area contributed by atoms with Gasteiger partial charge >= 0.3 is 5.97 Å². The molecule has 0 radical (unpaired) electrons. The molecule has 1 amide bonds. The standard InChI is InChI=1S/C19H18ClNO4/c1-2-19(18(23)24,13-7-9-14(20)10-8-13)21-17(22)16-11-12-5-3-4-6-15(12)25-16/h3-10,16H,2,11H2,1H3,(H,21,22)(H,23,24). The molecule has 0 bridgehead atoms. The van der Waals surface area contributed by atoms with Crippen molar-refractivity contribution in [2.75, 3.05) is 0 Å². The highest BCUT2D eigenvalue weighted by Gasteiger charge is 2.43. The molecule has 0 spiro atoms. The van der Waals surface area contributed by atoms with Crippen molar-refractivity contribution in [1.82, 2.24) is 5.32 Å². The first kappa shape index (κ1) is 17.3. The molecule has 2 N–H and O–H groups in total. The van der Waals surface area contributed by atoms with Crippen molar-refractivity contribution in [3.8, 4) is 5.75 Å². The van der Waals surface area contributed by atoms with Gasteiger partial charge in [0.15, 0.2) is 11.6 Å². The average molecular weight is 360 g/mol. The van der Waals surface area contributed by atoms with E-state index >= 15 is 0 Å². The number of para-hydroxylation sites is 1. The minimum atomic E-state index is -1.53. The van der Waals surface area contributed by atoms with Gasteiger partial charge in [-0.25, -0.2) is 4.79 Å². The van der Waals surface area contributed by atoms with Crippen LogP contribution in [0.15, 0.2) is 48.5 Å². The molecule has 5 nitrogen and oxygen atoms in total. The summed E-state index contributed by atoms with van der Waals surface area (Å²) in [5.41, 5.74) is -0.123. The number of amides is 1. The number of carbonyl (C=O) groups excluding carboxylic acids is 1. The van der Waals surface area contributed by atoms with Gasteiger partial charge in [-0.2, -0.15) is 0 Å². The molecule has 25 heavy (non-hydrogen) atoms. The number of aliphatic carboxylic acids is 1. The lowest BCUT2D eigenvalue weighted by molar-refractivity contribution is -0.149. The molecule has 1 aliphatic rings. The monoisotopic (exact) mass is 359 g/mol. The van der Waals surface area contributed by atoms with E-state index in [4.69, 9.17) is 16.3 Å². The molecule has 0 aliphatic carbocycles. The highest BCUT2D eigenvalue weighted by atomic mass is 35.5. The van der Waals surface area contributed by atoms with Crippen molar-refractivity contribution in [3.63, 3.8) is 0 Å². The maximum atomic E-state index is 12.7. The highest BCUT2D eigenvalue weighted by Crippen LogP contribution is 2.31. The zero-order valence-electron chi connectivity index (χ0n) is 13.7. The van der Waals surface area contributed by atoms with Gasteiger partial charge in [0.05, 0.1) is 0 Å². The highest BCUT2D eigenvalue weighted by molar-refractivity contribution is 6.30. The molecule has 0 fully saturated rings. The lowest BCUT2D eigenvalue weighted by Crippen LogP contribution is -2.54. The number of rotatable bonds is 5. The predicted molar refractivity (Wildman–Crippen MR) is 93.8 cm³/mol. The number of ether oxygens (including phenoxy) is 1. The van der Waals surface area contributed by atoms with Crippen LogP contribution in [0.1, 0.15) is 24.5 Å². The zero-order chi connectivity index (χ0) is 18.0. The Morgan fingerprint density at radius 1 is 1.24 bits per heavy atom. The van der Waals surface area contributed by atoms with E-state index in [2.05, 4.69) is 5.32 Å². The Bertz CT molecular complexity index is 780. The lowest BCUT2D eigenvalue weighted by atomic mass is 9.86. The summed E-state index contributed by atoms with van der Waals surface area (Å²) in [4.78, 5) is 24.7. The van der Waals surface area contributed by atoms with Crippen LogP contribution in [0, 0.1) is 0 Å². The van der Waals surface area contributed by atoms with Crippen molar-refractivity contribution in [3.05, 3.63) is 64.7 Å². The molecule has 2 unspecified atom stereocenters. The molecular weight excluding hydrogens is 342 g/mol. The molecule has 2 atom stereocenters. The first-order valence-electron chi connectivity index (χ1n) is 8.02. The van der Waals surface area contributed by atoms with Gasteiger partial charge in [0, 0.05) is 11.4 Å². The second-order valence-electron chi connectivity index (χ2n) is 5.98. The Labute approximate surface area is 150 Å². The summed E-state index contributed by atoms with van der Waals surface area (Å²) >= 11 is 5.89. The minimum Gasteiger partial charge on any atom is -0.480 e. The largest absolute Gasteiger partial charge is 0.480 e. The van der Waals surface area contributed by atoms with E-state index in [1.807, 2.05) is 18.2 Å². The van der Waals surface area contributed by atoms with Gasteiger partial charge < -0.3 is 15.2 Å². The minimum absolute atomic E-state index is 0.190. The van der Waals surface area contributed by atoms with Crippen LogP contribution in [0.2, 0.25) is 5.02 Å². The maximum absolute atomic E-state index is 12.7. The van der Waals surface area contributed by atoms with Gasteiger partial charge in [-0.05, 0) is 35.7 Å². The SMILES string of the molecule is CCC(NC(=O)C1Cc2ccccc2O1)(C(=O)O)c1ccc(Cl)cc1. The predicted octanol–water partition coefficient (Wildman–Crippen LogP) is 3.15. The fourth-order valence-electron chi connectivity index (χ4n) is 3.05. The Morgan fingerprint density at radius 3 is 2.52 bits per heavy atom. The third-order valence-electron chi connectivity index (χ3n) is 4.51. The van der Waals surface area contributed by atoms with Crippen LogP contribution in [-0.4, -0.2) is 23.1 Å². The smallest absolute Gasteiger partial charge is 0.334 e. The number of carboxylic acid groups (broad SMARTS) is 1. The summed E-state index contributed by atoms with van der Waals surface area (Å²) < 4.78 is 5.67. The van der Waals surface area contributed by atoms with Crippen molar-refractivity contribution in [2.45, 2.75) is 31.4 Å². The molecule has 2 aromatic rings. The molecule has 6 heteroatoms. The molecule has 1 heterocycles. The van der Waals surface area contributed by atoms with Gasteiger partial charge in [-0.3, -0.25) is 4.79 Å².